The molecule has 1 N–H and O–H groups in total. The quantitative estimate of drug-likeness (QED) is 0.622. The summed E-state index contributed by atoms with van der Waals surface area (Å²) >= 11 is 3.14. The number of carboxylic acid groups (broad SMARTS) is 1. The van der Waals surface area contributed by atoms with Crippen LogP contribution in [0.3, 0.4) is 0 Å². The highest BCUT2D eigenvalue weighted by atomic mass is 127. The van der Waals surface area contributed by atoms with Gasteiger partial charge in [0, 0.05) is 12.1 Å². The van der Waals surface area contributed by atoms with E-state index >= 15 is 0 Å². The monoisotopic (exact) mass is 406 g/mol. The summed E-state index contributed by atoms with van der Waals surface area (Å²) in [6, 6.07) is 3.54. The van der Waals surface area contributed by atoms with Gasteiger partial charge in [-0.15, -0.1) is 0 Å². The van der Waals surface area contributed by atoms with Gasteiger partial charge < -0.3 is 9.67 Å². The number of carboxylic acids is 1. The van der Waals surface area contributed by atoms with Crippen LogP contribution in [0.4, 0.5) is 4.39 Å². The number of halogens is 2. The second-order valence-corrected chi connectivity index (χ2v) is 6.89. The zero-order valence-electron chi connectivity index (χ0n) is 10.5. The number of aromatic nitrogens is 2. The Morgan fingerprint density at radius 2 is 2.30 bits per heavy atom. The number of nitrogens with zero attached hydrogens (tertiary/aromatic N) is 2. The first-order valence-corrected chi connectivity index (χ1v) is 8.34. The molecule has 1 aromatic carbocycles. The molecule has 0 atom stereocenters. The van der Waals surface area contributed by atoms with E-state index in [1.165, 1.54) is 17.8 Å². The third-order valence-corrected chi connectivity index (χ3v) is 5.23. The smallest absolute Gasteiger partial charge is 0.313 e. The summed E-state index contributed by atoms with van der Waals surface area (Å²) in [7, 11) is 0. The van der Waals surface area contributed by atoms with E-state index in [-0.39, 0.29) is 11.6 Å². The Kier molecular flexibility index (Phi) is 3.89. The van der Waals surface area contributed by atoms with Crippen molar-refractivity contribution in [2.24, 2.45) is 0 Å². The zero-order valence-corrected chi connectivity index (χ0v) is 13.4. The Balaban J connectivity index is 2.09. The molecule has 0 saturated heterocycles. The lowest BCUT2D eigenvalue weighted by atomic mass is 9.93. The fraction of sp³-hybridized carbons (Fsp3) is 0.385. The summed E-state index contributed by atoms with van der Waals surface area (Å²) in [5.74, 6) is -1.16. The number of hydrogen-bond acceptors (Lipinski definition) is 3. The van der Waals surface area contributed by atoms with Crippen LogP contribution >= 0.6 is 34.4 Å². The molecule has 1 heterocycles. The average molecular weight is 406 g/mol. The highest BCUT2D eigenvalue weighted by Crippen LogP contribution is 2.38. The number of imidazole rings is 1. The van der Waals surface area contributed by atoms with Gasteiger partial charge in [-0.2, -0.15) is 0 Å². The van der Waals surface area contributed by atoms with Gasteiger partial charge in [0.2, 0.25) is 0 Å². The van der Waals surface area contributed by atoms with E-state index in [1.54, 1.807) is 6.07 Å². The maximum atomic E-state index is 13.8. The van der Waals surface area contributed by atoms with Crippen LogP contribution in [0.25, 0.3) is 11.0 Å². The van der Waals surface area contributed by atoms with Crippen molar-refractivity contribution in [1.82, 2.24) is 9.55 Å². The van der Waals surface area contributed by atoms with Gasteiger partial charge in [0.05, 0.1) is 20.4 Å². The van der Waals surface area contributed by atoms with E-state index < -0.39 is 5.97 Å². The highest BCUT2D eigenvalue weighted by molar-refractivity contribution is 14.1. The first-order chi connectivity index (χ1) is 9.56. The standard InChI is InChI=1S/C13H12FIN2O2S/c14-8-4-11-10(5-9(8)15)16-13(20-6-12(18)19)17(11)7-2-1-3-7/h4-5,7H,1-3,6H2,(H,18,19). The molecule has 2 aromatic rings. The number of benzene rings is 1. The molecule has 1 aromatic heterocycles. The topological polar surface area (TPSA) is 55.1 Å². The van der Waals surface area contributed by atoms with Crippen LogP contribution in [0, 0.1) is 9.39 Å². The third kappa shape index (κ3) is 2.52. The number of rotatable bonds is 4. The second-order valence-electron chi connectivity index (χ2n) is 4.79. The zero-order chi connectivity index (χ0) is 14.3. The fourth-order valence-electron chi connectivity index (χ4n) is 2.29. The maximum absolute atomic E-state index is 13.8. The Labute approximate surface area is 132 Å². The Hall–Kier alpha value is -0.830. The molecule has 3 rings (SSSR count). The molecule has 4 nitrogen and oxygen atoms in total. The van der Waals surface area contributed by atoms with Crippen LogP contribution < -0.4 is 0 Å². The number of aliphatic carboxylic acids is 1. The second kappa shape index (κ2) is 5.51. The van der Waals surface area contributed by atoms with Crippen molar-refractivity contribution in [3.05, 3.63) is 21.5 Å². The van der Waals surface area contributed by atoms with Crippen LogP contribution in [0.15, 0.2) is 17.3 Å². The maximum Gasteiger partial charge on any atom is 0.313 e. The summed E-state index contributed by atoms with van der Waals surface area (Å²) < 4.78 is 16.3. The van der Waals surface area contributed by atoms with Gasteiger partial charge in [0.15, 0.2) is 5.16 Å². The largest absolute Gasteiger partial charge is 0.481 e. The molecule has 0 radical (unpaired) electrons. The van der Waals surface area contributed by atoms with Crippen LogP contribution in [-0.4, -0.2) is 26.4 Å². The minimum absolute atomic E-state index is 0.0321. The number of fused-ring (bicyclic) bond motifs is 1. The van der Waals surface area contributed by atoms with Crippen LogP contribution in [0.2, 0.25) is 0 Å². The van der Waals surface area contributed by atoms with Crippen molar-refractivity contribution in [1.29, 1.82) is 0 Å². The van der Waals surface area contributed by atoms with Gasteiger partial charge in [-0.05, 0) is 47.9 Å². The van der Waals surface area contributed by atoms with Crippen molar-refractivity contribution in [3.8, 4) is 0 Å². The van der Waals surface area contributed by atoms with Crippen molar-refractivity contribution in [2.75, 3.05) is 5.75 Å². The Bertz CT molecular complexity index is 685. The van der Waals surface area contributed by atoms with Crippen molar-refractivity contribution in [3.63, 3.8) is 0 Å². The van der Waals surface area contributed by atoms with Crippen molar-refractivity contribution < 1.29 is 14.3 Å². The van der Waals surface area contributed by atoms with E-state index in [2.05, 4.69) is 4.98 Å². The summed E-state index contributed by atoms with van der Waals surface area (Å²) in [5, 5.41) is 9.49. The molecule has 0 bridgehead atoms. The highest BCUT2D eigenvalue weighted by Gasteiger charge is 2.25. The molecule has 1 aliphatic carbocycles. The van der Waals surface area contributed by atoms with Crippen LogP contribution in [0.1, 0.15) is 25.3 Å². The lowest BCUT2D eigenvalue weighted by molar-refractivity contribution is -0.133. The van der Waals surface area contributed by atoms with Crippen molar-refractivity contribution >= 4 is 51.4 Å². The van der Waals surface area contributed by atoms with E-state index in [0.29, 0.717) is 14.8 Å². The lowest BCUT2D eigenvalue weighted by Crippen LogP contribution is -2.18. The van der Waals surface area contributed by atoms with Gasteiger partial charge in [0.1, 0.15) is 5.82 Å². The molecule has 20 heavy (non-hydrogen) atoms. The van der Waals surface area contributed by atoms with Gasteiger partial charge in [-0.25, -0.2) is 9.37 Å². The minimum atomic E-state index is -0.872. The van der Waals surface area contributed by atoms with E-state index in [4.69, 9.17) is 5.11 Å². The number of thioether (sulfide) groups is 1. The van der Waals surface area contributed by atoms with Gasteiger partial charge in [-0.1, -0.05) is 11.8 Å². The molecule has 1 aliphatic rings. The first kappa shape index (κ1) is 14.1. The summed E-state index contributed by atoms with van der Waals surface area (Å²) in [5.41, 5.74) is 1.50. The Morgan fingerprint density at radius 1 is 1.55 bits per heavy atom. The molecule has 0 unspecified atom stereocenters. The average Bonchev–Trinajstić information content (AvgIpc) is 2.64. The van der Waals surface area contributed by atoms with Gasteiger partial charge in [-0.3, -0.25) is 4.79 Å². The summed E-state index contributed by atoms with van der Waals surface area (Å²) in [6.45, 7) is 0. The molecule has 106 valence electrons. The van der Waals surface area contributed by atoms with E-state index in [9.17, 15) is 9.18 Å². The molecule has 1 fully saturated rings. The van der Waals surface area contributed by atoms with E-state index in [1.807, 2.05) is 27.2 Å². The van der Waals surface area contributed by atoms with Gasteiger partial charge >= 0.3 is 5.97 Å². The molecule has 7 heteroatoms. The molecule has 0 aliphatic heterocycles. The number of carbonyl (C=O) groups is 1. The molecular weight excluding hydrogens is 394 g/mol. The van der Waals surface area contributed by atoms with E-state index in [0.717, 1.165) is 30.3 Å². The Morgan fingerprint density at radius 3 is 2.90 bits per heavy atom. The molecular formula is C13H12FIN2O2S. The minimum Gasteiger partial charge on any atom is -0.481 e. The van der Waals surface area contributed by atoms with Crippen LogP contribution in [-0.2, 0) is 4.79 Å². The fourth-order valence-corrected chi connectivity index (χ4v) is 3.55. The summed E-state index contributed by atoms with van der Waals surface area (Å²) in [6.07, 6.45) is 3.24. The normalized spacial score (nSPS) is 15.5. The molecule has 0 spiro atoms. The number of hydrogen-bond donors (Lipinski definition) is 1. The van der Waals surface area contributed by atoms with Crippen LogP contribution in [0.5, 0.6) is 0 Å². The molecule has 0 amide bonds. The predicted octanol–water partition coefficient (Wildman–Crippen LogP) is 3.68. The molecule has 1 saturated carbocycles. The third-order valence-electron chi connectivity index (χ3n) is 3.46. The van der Waals surface area contributed by atoms with Gasteiger partial charge in [0.25, 0.3) is 0 Å². The lowest BCUT2D eigenvalue weighted by Gasteiger charge is -2.28. The SMILES string of the molecule is O=C(O)CSc1nc2cc(I)c(F)cc2n1C1CCC1. The predicted molar refractivity (Wildman–Crippen MR) is 83.7 cm³/mol. The van der Waals surface area contributed by atoms with Crippen molar-refractivity contribution in [2.45, 2.75) is 30.5 Å². The first-order valence-electron chi connectivity index (χ1n) is 6.28. The summed E-state index contributed by atoms with van der Waals surface area (Å²) in [4.78, 5) is 15.2.